The van der Waals surface area contributed by atoms with E-state index in [9.17, 15) is 9.59 Å². The Morgan fingerprint density at radius 1 is 1.53 bits per heavy atom. The number of anilines is 1. The number of thiazole rings is 1. The second kappa shape index (κ2) is 5.74. The van der Waals surface area contributed by atoms with Gasteiger partial charge < -0.3 is 16.8 Å². The van der Waals surface area contributed by atoms with Gasteiger partial charge in [-0.1, -0.05) is 13.8 Å². The maximum atomic E-state index is 11.5. The molecule has 1 unspecified atom stereocenters. The van der Waals surface area contributed by atoms with Gasteiger partial charge in [0.2, 0.25) is 11.8 Å². The van der Waals surface area contributed by atoms with Crippen LogP contribution in [0.2, 0.25) is 0 Å². The molecule has 2 amide bonds. The average Bonchev–Trinajstić information content (AvgIpc) is 2.65. The van der Waals surface area contributed by atoms with Crippen LogP contribution in [0.4, 0.5) is 5.13 Å². The van der Waals surface area contributed by atoms with Crippen molar-refractivity contribution in [1.29, 1.82) is 0 Å². The van der Waals surface area contributed by atoms with Gasteiger partial charge in [-0.3, -0.25) is 9.59 Å². The molecule has 0 aliphatic carbocycles. The zero-order valence-electron chi connectivity index (χ0n) is 9.77. The molecular formula is C10H16N4O2S. The summed E-state index contributed by atoms with van der Waals surface area (Å²) in [5.74, 6) is -0.751. The molecule has 7 heteroatoms. The number of hydrogen-bond acceptors (Lipinski definition) is 5. The topological polar surface area (TPSA) is 111 Å². The van der Waals surface area contributed by atoms with E-state index in [0.29, 0.717) is 11.0 Å². The van der Waals surface area contributed by atoms with Crippen molar-refractivity contribution in [3.8, 4) is 0 Å². The second-order valence-electron chi connectivity index (χ2n) is 4.00. The van der Waals surface area contributed by atoms with E-state index in [-0.39, 0.29) is 6.42 Å². The van der Waals surface area contributed by atoms with Crippen LogP contribution < -0.4 is 16.8 Å². The number of carbonyl (C=O) groups is 2. The number of nitrogens with one attached hydrogen (secondary N) is 1. The molecule has 5 N–H and O–H groups in total. The number of hydrogen-bond donors (Lipinski definition) is 3. The summed E-state index contributed by atoms with van der Waals surface area (Å²) in [5, 5.41) is 4.92. The van der Waals surface area contributed by atoms with Crippen LogP contribution in [0, 0.1) is 0 Å². The highest BCUT2D eigenvalue weighted by molar-refractivity contribution is 7.13. The Balaban J connectivity index is 2.58. The van der Waals surface area contributed by atoms with E-state index in [0.717, 1.165) is 5.69 Å². The third-order valence-electron chi connectivity index (χ3n) is 2.10. The molecule has 1 aromatic heterocycles. The van der Waals surface area contributed by atoms with Gasteiger partial charge in [0, 0.05) is 5.38 Å². The zero-order chi connectivity index (χ0) is 13.0. The molecule has 94 valence electrons. The number of aromatic nitrogens is 1. The van der Waals surface area contributed by atoms with Crippen LogP contribution in [0.1, 0.15) is 31.9 Å². The lowest BCUT2D eigenvalue weighted by molar-refractivity contribution is -0.123. The number of carbonyl (C=O) groups excluding carboxylic acids is 2. The van der Waals surface area contributed by atoms with E-state index in [1.54, 1.807) is 0 Å². The Morgan fingerprint density at radius 3 is 2.65 bits per heavy atom. The molecule has 0 saturated carbocycles. The van der Waals surface area contributed by atoms with Crippen molar-refractivity contribution in [2.24, 2.45) is 11.5 Å². The Labute approximate surface area is 103 Å². The quantitative estimate of drug-likeness (QED) is 0.708. The number of rotatable bonds is 5. The van der Waals surface area contributed by atoms with Gasteiger partial charge in [-0.05, 0) is 5.92 Å². The van der Waals surface area contributed by atoms with Crippen molar-refractivity contribution in [1.82, 2.24) is 4.98 Å². The third-order valence-corrected chi connectivity index (χ3v) is 2.88. The van der Waals surface area contributed by atoms with Crippen molar-refractivity contribution in [2.45, 2.75) is 32.2 Å². The average molecular weight is 256 g/mol. The van der Waals surface area contributed by atoms with Crippen molar-refractivity contribution >= 4 is 28.3 Å². The monoisotopic (exact) mass is 256 g/mol. The first-order valence-electron chi connectivity index (χ1n) is 5.20. The fraction of sp³-hybridized carbons (Fsp3) is 0.500. The van der Waals surface area contributed by atoms with Crippen molar-refractivity contribution in [3.05, 3.63) is 11.1 Å². The summed E-state index contributed by atoms with van der Waals surface area (Å²) in [5.41, 5.74) is 11.4. The summed E-state index contributed by atoms with van der Waals surface area (Å²) in [4.78, 5) is 26.4. The number of amides is 2. The highest BCUT2D eigenvalue weighted by Crippen LogP contribution is 2.21. The molecule has 0 radical (unpaired) electrons. The van der Waals surface area contributed by atoms with Gasteiger partial charge in [-0.2, -0.15) is 0 Å². The maximum absolute atomic E-state index is 11.5. The largest absolute Gasteiger partial charge is 0.370 e. The van der Waals surface area contributed by atoms with Gasteiger partial charge in [-0.15, -0.1) is 11.3 Å². The van der Waals surface area contributed by atoms with Gasteiger partial charge in [0.15, 0.2) is 5.13 Å². The van der Waals surface area contributed by atoms with Crippen LogP contribution in [-0.2, 0) is 9.59 Å². The third kappa shape index (κ3) is 4.12. The molecule has 1 atom stereocenters. The van der Waals surface area contributed by atoms with E-state index in [1.807, 2.05) is 19.2 Å². The van der Waals surface area contributed by atoms with Gasteiger partial charge in [0.25, 0.3) is 0 Å². The minimum Gasteiger partial charge on any atom is -0.370 e. The SMILES string of the molecule is CC(C)c1csc(NC(=O)C(N)CC(N)=O)n1. The van der Waals surface area contributed by atoms with Gasteiger partial charge >= 0.3 is 0 Å². The van der Waals surface area contributed by atoms with E-state index in [4.69, 9.17) is 11.5 Å². The Bertz CT molecular complexity index is 416. The minimum absolute atomic E-state index is 0.172. The Hall–Kier alpha value is -1.47. The van der Waals surface area contributed by atoms with Crippen molar-refractivity contribution in [3.63, 3.8) is 0 Å². The normalized spacial score (nSPS) is 12.5. The van der Waals surface area contributed by atoms with Crippen LogP contribution in [0.25, 0.3) is 0 Å². The molecule has 0 saturated heterocycles. The number of primary amides is 1. The van der Waals surface area contributed by atoms with Crippen LogP contribution >= 0.6 is 11.3 Å². The summed E-state index contributed by atoms with van der Waals surface area (Å²) < 4.78 is 0. The molecule has 6 nitrogen and oxygen atoms in total. The van der Waals surface area contributed by atoms with Crippen LogP contribution in [-0.4, -0.2) is 22.8 Å². The highest BCUT2D eigenvalue weighted by Gasteiger charge is 2.17. The summed E-state index contributed by atoms with van der Waals surface area (Å²) in [6.45, 7) is 4.03. The molecule has 1 heterocycles. The summed E-state index contributed by atoms with van der Waals surface area (Å²) >= 11 is 1.33. The lowest BCUT2D eigenvalue weighted by atomic mass is 10.2. The van der Waals surface area contributed by atoms with E-state index >= 15 is 0 Å². The lowest BCUT2D eigenvalue weighted by Crippen LogP contribution is -2.38. The van der Waals surface area contributed by atoms with Gasteiger partial charge in [0.1, 0.15) is 0 Å². The molecule has 0 spiro atoms. The van der Waals surface area contributed by atoms with Crippen LogP contribution in [0.15, 0.2) is 5.38 Å². The minimum atomic E-state index is -0.932. The number of nitrogens with zero attached hydrogens (tertiary/aromatic N) is 1. The zero-order valence-corrected chi connectivity index (χ0v) is 10.6. The summed E-state index contributed by atoms with van der Waals surface area (Å²) in [6, 6.07) is -0.932. The van der Waals surface area contributed by atoms with Crippen LogP contribution in [0.5, 0.6) is 0 Å². The smallest absolute Gasteiger partial charge is 0.243 e. The Morgan fingerprint density at radius 2 is 2.18 bits per heavy atom. The standard InChI is InChI=1S/C10H16N4O2S/c1-5(2)7-4-17-10(13-7)14-9(16)6(11)3-8(12)15/h4-6H,3,11H2,1-2H3,(H2,12,15)(H,13,14,16). The van der Waals surface area contributed by atoms with Crippen LogP contribution in [0.3, 0.4) is 0 Å². The first kappa shape index (κ1) is 13.6. The van der Waals surface area contributed by atoms with Gasteiger partial charge in [-0.25, -0.2) is 4.98 Å². The van der Waals surface area contributed by atoms with E-state index in [1.165, 1.54) is 11.3 Å². The number of nitrogens with two attached hydrogens (primary N) is 2. The van der Waals surface area contributed by atoms with Crippen molar-refractivity contribution in [2.75, 3.05) is 5.32 Å². The fourth-order valence-corrected chi connectivity index (χ4v) is 1.99. The first-order chi connectivity index (χ1) is 7.90. The molecule has 0 aliphatic heterocycles. The predicted molar refractivity (Wildman–Crippen MR) is 66.6 cm³/mol. The first-order valence-corrected chi connectivity index (χ1v) is 6.08. The summed E-state index contributed by atoms with van der Waals surface area (Å²) in [6.07, 6.45) is -0.172. The lowest BCUT2D eigenvalue weighted by Gasteiger charge is -2.08. The van der Waals surface area contributed by atoms with E-state index < -0.39 is 17.9 Å². The molecule has 0 fully saturated rings. The molecular weight excluding hydrogens is 240 g/mol. The second-order valence-corrected chi connectivity index (χ2v) is 4.86. The maximum Gasteiger partial charge on any atom is 0.243 e. The van der Waals surface area contributed by atoms with Crippen molar-refractivity contribution < 1.29 is 9.59 Å². The molecule has 0 aliphatic rings. The molecule has 1 rings (SSSR count). The predicted octanol–water partition coefficient (Wildman–Crippen LogP) is 0.408. The fourth-order valence-electron chi connectivity index (χ4n) is 1.12. The molecule has 0 aromatic carbocycles. The highest BCUT2D eigenvalue weighted by atomic mass is 32.1. The summed E-state index contributed by atoms with van der Waals surface area (Å²) in [7, 11) is 0. The molecule has 1 aromatic rings. The van der Waals surface area contributed by atoms with Gasteiger partial charge in [0.05, 0.1) is 18.2 Å². The molecule has 0 bridgehead atoms. The Kier molecular flexibility index (Phi) is 4.59. The molecule has 17 heavy (non-hydrogen) atoms. The van der Waals surface area contributed by atoms with E-state index in [2.05, 4.69) is 10.3 Å².